The molecule has 0 aromatic heterocycles. The van der Waals surface area contributed by atoms with Crippen molar-refractivity contribution in [1.29, 1.82) is 5.26 Å². The van der Waals surface area contributed by atoms with E-state index in [1.54, 1.807) is 0 Å². The van der Waals surface area contributed by atoms with Crippen molar-refractivity contribution in [3.63, 3.8) is 0 Å². The fourth-order valence-electron chi connectivity index (χ4n) is 3.01. The van der Waals surface area contributed by atoms with Crippen LogP contribution in [0.15, 0.2) is 24.3 Å². The van der Waals surface area contributed by atoms with Gasteiger partial charge in [-0.3, -0.25) is 9.80 Å². The maximum atomic E-state index is 9.59. The van der Waals surface area contributed by atoms with Crippen molar-refractivity contribution in [3.05, 3.63) is 35.4 Å². The van der Waals surface area contributed by atoms with Gasteiger partial charge in [0.2, 0.25) is 0 Å². The average Bonchev–Trinajstić information content (AvgIpc) is 2.49. The van der Waals surface area contributed by atoms with Gasteiger partial charge in [-0.25, -0.2) is 0 Å². The van der Waals surface area contributed by atoms with Crippen molar-refractivity contribution in [2.75, 3.05) is 26.2 Å². The molecule has 1 N–H and O–H groups in total. The van der Waals surface area contributed by atoms with Gasteiger partial charge in [0, 0.05) is 38.8 Å². The highest BCUT2D eigenvalue weighted by Gasteiger charge is 2.26. The number of rotatable bonds is 5. The topological polar surface area (TPSA) is 50.5 Å². The summed E-state index contributed by atoms with van der Waals surface area (Å²) in [5, 5.41) is 18.4. The van der Waals surface area contributed by atoms with E-state index in [4.69, 9.17) is 5.26 Å². The minimum atomic E-state index is -0.260. The molecule has 0 aliphatic carbocycles. The van der Waals surface area contributed by atoms with Crippen LogP contribution in [-0.2, 0) is 6.54 Å². The predicted octanol–water partition coefficient (Wildman–Crippen LogP) is 1.84. The fourth-order valence-corrected chi connectivity index (χ4v) is 3.01. The van der Waals surface area contributed by atoms with Crippen LogP contribution in [0.4, 0.5) is 0 Å². The van der Waals surface area contributed by atoms with Crippen LogP contribution in [0.2, 0.25) is 0 Å². The van der Waals surface area contributed by atoms with Gasteiger partial charge in [-0.05, 0) is 31.0 Å². The smallest absolute Gasteiger partial charge is 0.0991 e. The van der Waals surface area contributed by atoms with Gasteiger partial charge >= 0.3 is 0 Å². The second-order valence-electron chi connectivity index (χ2n) is 5.95. The second-order valence-corrected chi connectivity index (χ2v) is 5.95. The van der Waals surface area contributed by atoms with Crippen molar-refractivity contribution in [2.45, 2.75) is 39.0 Å². The van der Waals surface area contributed by atoms with Gasteiger partial charge in [-0.2, -0.15) is 5.26 Å². The van der Waals surface area contributed by atoms with Crippen molar-refractivity contribution in [1.82, 2.24) is 9.80 Å². The Morgan fingerprint density at radius 2 is 2.05 bits per heavy atom. The van der Waals surface area contributed by atoms with Gasteiger partial charge in [-0.15, -0.1) is 0 Å². The lowest BCUT2D eigenvalue weighted by molar-refractivity contribution is 0.0338. The van der Waals surface area contributed by atoms with Gasteiger partial charge in [0.1, 0.15) is 0 Å². The molecule has 1 aliphatic rings. The van der Waals surface area contributed by atoms with Crippen LogP contribution in [-0.4, -0.2) is 53.2 Å². The number of nitriles is 1. The first-order valence-electron chi connectivity index (χ1n) is 7.76. The molecule has 0 radical (unpaired) electrons. The summed E-state index contributed by atoms with van der Waals surface area (Å²) in [7, 11) is 0. The molecule has 1 saturated heterocycles. The van der Waals surface area contributed by atoms with Gasteiger partial charge in [-0.1, -0.05) is 19.1 Å². The quantitative estimate of drug-likeness (QED) is 0.898. The zero-order valence-corrected chi connectivity index (χ0v) is 13.0. The summed E-state index contributed by atoms with van der Waals surface area (Å²) >= 11 is 0. The molecule has 2 atom stereocenters. The molecule has 1 fully saturated rings. The third kappa shape index (κ3) is 4.53. The minimum absolute atomic E-state index is 0.260. The maximum absolute atomic E-state index is 9.59. The zero-order chi connectivity index (χ0) is 15.2. The number of hydrogen-bond acceptors (Lipinski definition) is 4. The molecule has 114 valence electrons. The molecular formula is C17H25N3O. The van der Waals surface area contributed by atoms with E-state index in [1.165, 1.54) is 5.56 Å². The summed E-state index contributed by atoms with van der Waals surface area (Å²) in [5.41, 5.74) is 1.97. The van der Waals surface area contributed by atoms with Crippen LogP contribution in [0.1, 0.15) is 31.4 Å². The van der Waals surface area contributed by atoms with E-state index in [9.17, 15) is 5.11 Å². The number of aliphatic hydroxyl groups excluding tert-OH is 1. The highest BCUT2D eigenvalue weighted by molar-refractivity contribution is 5.31. The Labute approximate surface area is 127 Å². The molecule has 0 bridgehead atoms. The Hall–Kier alpha value is -1.41. The van der Waals surface area contributed by atoms with Gasteiger partial charge < -0.3 is 5.11 Å². The molecule has 1 aliphatic heterocycles. The van der Waals surface area contributed by atoms with Crippen LogP contribution in [0.3, 0.4) is 0 Å². The van der Waals surface area contributed by atoms with Crippen LogP contribution in [0.5, 0.6) is 0 Å². The summed E-state index contributed by atoms with van der Waals surface area (Å²) in [6, 6.07) is 10.5. The normalized spacial score (nSPS) is 21.9. The van der Waals surface area contributed by atoms with E-state index in [1.807, 2.05) is 31.2 Å². The van der Waals surface area contributed by atoms with Gasteiger partial charge in [0.25, 0.3) is 0 Å². The van der Waals surface area contributed by atoms with Crippen molar-refractivity contribution in [2.24, 2.45) is 0 Å². The summed E-state index contributed by atoms with van der Waals surface area (Å²) in [6.45, 7) is 8.86. The molecule has 1 heterocycles. The second kappa shape index (κ2) is 7.56. The fraction of sp³-hybridized carbons (Fsp3) is 0.588. The Bertz CT molecular complexity index is 478. The van der Waals surface area contributed by atoms with E-state index >= 15 is 0 Å². The third-order valence-corrected chi connectivity index (χ3v) is 4.15. The molecule has 1 aromatic carbocycles. The van der Waals surface area contributed by atoms with Crippen LogP contribution in [0.25, 0.3) is 0 Å². The first-order chi connectivity index (χ1) is 10.1. The van der Waals surface area contributed by atoms with E-state index in [0.717, 1.165) is 39.1 Å². The SMILES string of the molecule is CC[C@H]1CN(Cc2ccc(C#N)cc2)CCN1C[C@H](C)O. The molecule has 0 unspecified atom stereocenters. The number of nitrogens with zero attached hydrogens (tertiary/aromatic N) is 3. The lowest BCUT2D eigenvalue weighted by Crippen LogP contribution is -2.54. The van der Waals surface area contributed by atoms with E-state index in [-0.39, 0.29) is 6.10 Å². The first-order valence-corrected chi connectivity index (χ1v) is 7.76. The standard InChI is InChI=1S/C17H25N3O/c1-3-17-13-19(8-9-20(17)11-14(2)21)12-16-6-4-15(10-18)5-7-16/h4-7,14,17,21H,3,8-9,11-13H2,1-2H3/t14-,17-/m0/s1. The largest absolute Gasteiger partial charge is 0.392 e. The Balaban J connectivity index is 1.92. The average molecular weight is 287 g/mol. The maximum Gasteiger partial charge on any atom is 0.0991 e. The first kappa shape index (κ1) is 16.0. The lowest BCUT2D eigenvalue weighted by Gasteiger charge is -2.41. The van der Waals surface area contributed by atoms with E-state index in [2.05, 4.69) is 22.8 Å². The summed E-state index contributed by atoms with van der Waals surface area (Å²) in [4.78, 5) is 4.87. The van der Waals surface area contributed by atoms with Crippen molar-refractivity contribution < 1.29 is 5.11 Å². The molecule has 0 amide bonds. The monoisotopic (exact) mass is 287 g/mol. The van der Waals surface area contributed by atoms with E-state index < -0.39 is 0 Å². The number of piperazine rings is 1. The van der Waals surface area contributed by atoms with Crippen molar-refractivity contribution in [3.8, 4) is 6.07 Å². The Morgan fingerprint density at radius 3 is 2.62 bits per heavy atom. The number of aliphatic hydroxyl groups is 1. The minimum Gasteiger partial charge on any atom is -0.392 e. The Kier molecular flexibility index (Phi) is 5.75. The zero-order valence-electron chi connectivity index (χ0n) is 13.0. The molecular weight excluding hydrogens is 262 g/mol. The molecule has 4 heteroatoms. The highest BCUT2D eigenvalue weighted by Crippen LogP contribution is 2.16. The third-order valence-electron chi connectivity index (χ3n) is 4.15. The summed E-state index contributed by atoms with van der Waals surface area (Å²) in [5.74, 6) is 0. The molecule has 0 spiro atoms. The summed E-state index contributed by atoms with van der Waals surface area (Å²) in [6.07, 6.45) is 0.848. The molecule has 0 saturated carbocycles. The van der Waals surface area contributed by atoms with Crippen LogP contribution in [0, 0.1) is 11.3 Å². The van der Waals surface area contributed by atoms with Crippen LogP contribution < -0.4 is 0 Å². The van der Waals surface area contributed by atoms with Crippen LogP contribution >= 0.6 is 0 Å². The lowest BCUT2D eigenvalue weighted by atomic mass is 10.1. The summed E-state index contributed by atoms with van der Waals surface area (Å²) < 4.78 is 0. The molecule has 1 aromatic rings. The van der Waals surface area contributed by atoms with Crippen molar-refractivity contribution >= 4 is 0 Å². The number of β-amino-alcohol motifs (C(OH)–C–C–N with tert-alkyl or cyclic N) is 1. The molecule has 21 heavy (non-hydrogen) atoms. The predicted molar refractivity (Wildman–Crippen MR) is 83.8 cm³/mol. The van der Waals surface area contributed by atoms with E-state index in [0.29, 0.717) is 11.6 Å². The number of benzene rings is 1. The molecule has 2 rings (SSSR count). The van der Waals surface area contributed by atoms with Gasteiger partial charge in [0.15, 0.2) is 0 Å². The Morgan fingerprint density at radius 1 is 1.33 bits per heavy atom. The van der Waals surface area contributed by atoms with Gasteiger partial charge in [0.05, 0.1) is 17.7 Å². The number of hydrogen-bond donors (Lipinski definition) is 1. The molecule has 4 nitrogen and oxygen atoms in total. The highest BCUT2D eigenvalue weighted by atomic mass is 16.3.